The van der Waals surface area contributed by atoms with E-state index in [-0.39, 0.29) is 24.5 Å². The molecule has 0 aliphatic carbocycles. The summed E-state index contributed by atoms with van der Waals surface area (Å²) < 4.78 is 23.4. The van der Waals surface area contributed by atoms with Crippen molar-refractivity contribution >= 4 is 38.6 Å². The molecule has 0 spiro atoms. The maximum Gasteiger partial charge on any atom is 0.500 e. The number of hydrogen-bond donors (Lipinski definition) is 4. The Morgan fingerprint density at radius 3 is 1.84 bits per heavy atom. The van der Waals surface area contributed by atoms with Crippen molar-refractivity contribution in [2.75, 3.05) is 91.8 Å². The highest BCUT2D eigenvalue weighted by Gasteiger charge is 2.39. The van der Waals surface area contributed by atoms with Crippen molar-refractivity contribution in [3.63, 3.8) is 0 Å². The predicted molar refractivity (Wildman–Crippen MR) is 211 cm³/mol. The highest BCUT2D eigenvalue weighted by molar-refractivity contribution is 7.99. The number of thioether (sulfide) groups is 1. The summed E-state index contributed by atoms with van der Waals surface area (Å²) in [6.45, 7) is 21.6. The molecule has 0 aliphatic rings. The molecule has 0 fully saturated rings. The van der Waals surface area contributed by atoms with Crippen LogP contribution in [0.1, 0.15) is 100 Å². The average Bonchev–Trinajstić information content (AvgIpc) is 3.06. The van der Waals surface area contributed by atoms with E-state index >= 15 is 0 Å². The lowest BCUT2D eigenvalue weighted by Crippen LogP contribution is -2.46. The van der Waals surface area contributed by atoms with E-state index in [1.165, 1.54) is 38.0 Å². The van der Waals surface area contributed by atoms with Crippen molar-refractivity contribution in [1.82, 2.24) is 21.3 Å². The van der Waals surface area contributed by atoms with E-state index in [1.54, 1.807) is 0 Å². The van der Waals surface area contributed by atoms with Gasteiger partial charge in [0.05, 0.1) is 34.2 Å². The molecule has 0 radical (unpaired) electrons. The molecule has 0 saturated heterocycles. The van der Waals surface area contributed by atoms with Crippen LogP contribution in [0.2, 0.25) is 6.04 Å². The molecule has 0 saturated carbocycles. The molecule has 0 aliphatic heterocycles. The van der Waals surface area contributed by atoms with E-state index in [4.69, 9.17) is 18.0 Å². The molecule has 298 valence electrons. The number of alkyl carbamates (subject to hydrolysis) is 1. The second kappa shape index (κ2) is 32.1. The molecule has 3 unspecified atom stereocenters. The smallest absolute Gasteiger partial charge is 0.448 e. The number of nitrogens with one attached hydrogen (secondary N) is 4. The second-order valence-electron chi connectivity index (χ2n) is 13.9. The summed E-state index contributed by atoms with van der Waals surface area (Å²) in [4.78, 5) is 34.9. The number of urea groups is 1. The first-order chi connectivity index (χ1) is 23.7. The maximum absolute atomic E-state index is 11.7. The van der Waals surface area contributed by atoms with E-state index in [0.29, 0.717) is 45.4 Å². The van der Waals surface area contributed by atoms with Crippen LogP contribution in [0.3, 0.4) is 0 Å². The Kier molecular flexibility index (Phi) is 32.4. The molecule has 4 amide bonds. The van der Waals surface area contributed by atoms with E-state index in [1.807, 2.05) is 46.4 Å². The van der Waals surface area contributed by atoms with Crippen LogP contribution in [0.15, 0.2) is 0 Å². The summed E-state index contributed by atoms with van der Waals surface area (Å²) in [6.07, 6.45) is 7.03. The van der Waals surface area contributed by atoms with Gasteiger partial charge in [0, 0.05) is 57.2 Å². The van der Waals surface area contributed by atoms with E-state index < -0.39 is 14.9 Å². The number of nitrogens with zero attached hydrogens (tertiary/aromatic N) is 1. The van der Waals surface area contributed by atoms with E-state index in [0.717, 1.165) is 48.0 Å². The first-order valence-corrected chi connectivity index (χ1v) is 22.3. The van der Waals surface area contributed by atoms with Crippen LogP contribution in [0.5, 0.6) is 0 Å². The van der Waals surface area contributed by atoms with Crippen molar-refractivity contribution < 1.29 is 36.9 Å². The summed E-state index contributed by atoms with van der Waals surface area (Å²) in [5.74, 6) is 3.65. The number of quaternary nitrogens is 1. The topological polar surface area (TPSA) is 136 Å². The fraction of sp³-hybridized carbons (Fsp3) is 0.917. The Hall–Kier alpha value is -1.58. The molecule has 0 bridgehead atoms. The van der Waals surface area contributed by atoms with Gasteiger partial charge in [0.25, 0.3) is 0 Å². The predicted octanol–water partition coefficient (Wildman–Crippen LogP) is 6.28. The quantitative estimate of drug-likeness (QED) is 0.0399. The van der Waals surface area contributed by atoms with Crippen LogP contribution in [-0.2, 0) is 22.8 Å². The molecule has 0 rings (SSSR count). The zero-order valence-electron chi connectivity index (χ0n) is 33.9. The molecule has 0 aromatic carbocycles. The van der Waals surface area contributed by atoms with Crippen LogP contribution in [-0.4, -0.2) is 123 Å². The van der Waals surface area contributed by atoms with Crippen LogP contribution in [0, 0.1) is 17.8 Å². The first kappa shape index (κ1) is 50.5. The normalized spacial score (nSPS) is 13.3. The maximum atomic E-state index is 11.7. The zero-order chi connectivity index (χ0) is 38.3. The summed E-state index contributed by atoms with van der Waals surface area (Å²) in [7, 11) is 4.09. The van der Waals surface area contributed by atoms with E-state index in [2.05, 4.69) is 63.2 Å². The molecule has 50 heavy (non-hydrogen) atoms. The first-order valence-electron chi connectivity index (χ1n) is 19.2. The molecule has 4 N–H and O–H groups in total. The highest BCUT2D eigenvalue weighted by atomic mass is 32.2. The fourth-order valence-electron chi connectivity index (χ4n) is 4.66. The summed E-state index contributed by atoms with van der Waals surface area (Å²) >= 11 is 1.95. The Balaban J connectivity index is 0. The van der Waals surface area contributed by atoms with Crippen molar-refractivity contribution in [1.29, 1.82) is 0 Å². The lowest BCUT2D eigenvalue weighted by atomic mass is 10.0. The molecule has 12 nitrogen and oxygen atoms in total. The van der Waals surface area contributed by atoms with Gasteiger partial charge >= 0.3 is 20.9 Å². The summed E-state index contributed by atoms with van der Waals surface area (Å²) in [5.41, 5.74) is 0. The van der Waals surface area contributed by atoms with Crippen LogP contribution < -0.4 is 21.3 Å². The number of carbonyl (C=O) groups excluding carboxylic acids is 3. The van der Waals surface area contributed by atoms with Crippen LogP contribution in [0.25, 0.3) is 0 Å². The van der Waals surface area contributed by atoms with Gasteiger partial charge in [-0.2, -0.15) is 11.8 Å². The Bertz CT molecular complexity index is 837. The minimum absolute atomic E-state index is 0.0178. The minimum Gasteiger partial charge on any atom is -0.448 e. The largest absolute Gasteiger partial charge is 0.500 e. The molecular weight excluding hydrogens is 675 g/mol. The lowest BCUT2D eigenvalue weighted by molar-refractivity contribution is -0.870. The van der Waals surface area contributed by atoms with Crippen LogP contribution >= 0.6 is 11.8 Å². The van der Waals surface area contributed by atoms with Crippen molar-refractivity contribution in [2.24, 2.45) is 17.8 Å². The Labute approximate surface area is 312 Å². The molecule has 0 heterocycles. The minimum atomic E-state index is -2.67. The van der Waals surface area contributed by atoms with Gasteiger partial charge in [0.15, 0.2) is 0 Å². The van der Waals surface area contributed by atoms with Gasteiger partial charge in [-0.25, -0.2) is 9.59 Å². The van der Waals surface area contributed by atoms with Crippen LogP contribution in [0.4, 0.5) is 9.59 Å². The standard InChI is InChI=1S/C19H41N3OS.C17H36N2O6Si/c1-7-17(2)10-8-12-20-19(23)21-13-15-24-16-18(3)11-9-14-22(4,5)6;1-6-15(5)16(20)18-12-13-22-17(21)19-11-10-14-26(23-7-2,24-8-3)25-9-4/h17-18H,7-16H2,1-6H3,(H-,20,21,23);15H,6-14H2,1-5H3,(H,18,20)(H,19,21)/p+1. The SMILES string of the molecule is CCC(C)CCCNC(=O)NCCSCC(C)CCC[N+](C)(C)C.CCO[Si](CCCNC(=O)OCCNC(=O)C(C)CC)(OCC)OCC. The molecular formula is C36H78N5O7SSi+. The number of amides is 4. The molecule has 0 aromatic heterocycles. The lowest BCUT2D eigenvalue weighted by Gasteiger charge is -2.28. The van der Waals surface area contributed by atoms with Gasteiger partial charge < -0.3 is 43.8 Å². The number of carbonyl (C=O) groups is 3. The zero-order valence-corrected chi connectivity index (χ0v) is 35.7. The molecule has 3 atom stereocenters. The number of hydrogen-bond acceptors (Lipinski definition) is 8. The third-order valence-electron chi connectivity index (χ3n) is 8.03. The van der Waals surface area contributed by atoms with Gasteiger partial charge in [-0.15, -0.1) is 0 Å². The third kappa shape index (κ3) is 31.2. The van der Waals surface area contributed by atoms with Gasteiger partial charge in [0.1, 0.15) is 6.61 Å². The monoisotopic (exact) mass is 753 g/mol. The van der Waals surface area contributed by atoms with Gasteiger partial charge in [-0.1, -0.05) is 41.0 Å². The Morgan fingerprint density at radius 2 is 1.28 bits per heavy atom. The van der Waals surface area contributed by atoms with Crippen molar-refractivity contribution in [3.8, 4) is 0 Å². The highest BCUT2D eigenvalue weighted by Crippen LogP contribution is 2.18. The number of ether oxygens (including phenoxy) is 1. The fourth-order valence-corrected chi connectivity index (χ4v) is 8.26. The molecule has 0 aromatic rings. The second-order valence-corrected chi connectivity index (χ2v) is 17.8. The van der Waals surface area contributed by atoms with Gasteiger partial charge in [0.2, 0.25) is 5.91 Å². The number of rotatable bonds is 29. The van der Waals surface area contributed by atoms with E-state index in [9.17, 15) is 14.4 Å². The third-order valence-corrected chi connectivity index (χ3v) is 12.5. The molecule has 14 heteroatoms. The summed E-state index contributed by atoms with van der Waals surface area (Å²) in [5, 5.41) is 11.3. The summed E-state index contributed by atoms with van der Waals surface area (Å²) in [6, 6.07) is 0.615. The van der Waals surface area contributed by atoms with Crippen molar-refractivity contribution in [3.05, 3.63) is 0 Å². The van der Waals surface area contributed by atoms with Crippen molar-refractivity contribution in [2.45, 2.75) is 106 Å². The van der Waals surface area contributed by atoms with Gasteiger partial charge in [-0.3, -0.25) is 4.79 Å². The Morgan fingerprint density at radius 1 is 0.700 bits per heavy atom. The average molecular weight is 753 g/mol. The van der Waals surface area contributed by atoms with Gasteiger partial charge in [-0.05, 0) is 76.9 Å².